The molecule has 0 saturated carbocycles. The quantitative estimate of drug-likeness (QED) is 0.725. The molecule has 3 N–H and O–H groups in total. The Hall–Kier alpha value is -1.39. The molecular formula is C11H14N2O2. The molecule has 0 radical (unpaired) electrons. The van der Waals surface area contributed by atoms with Crippen molar-refractivity contribution < 1.29 is 9.53 Å². The van der Waals surface area contributed by atoms with Gasteiger partial charge in [0.2, 0.25) is 5.91 Å². The van der Waals surface area contributed by atoms with Crippen LogP contribution in [0.15, 0.2) is 18.2 Å². The van der Waals surface area contributed by atoms with Gasteiger partial charge in [0.25, 0.3) is 0 Å². The summed E-state index contributed by atoms with van der Waals surface area (Å²) in [5.41, 5.74) is 8.80. The van der Waals surface area contributed by atoms with Crippen LogP contribution in [0.25, 0.3) is 0 Å². The first kappa shape index (κ1) is 10.1. The van der Waals surface area contributed by atoms with E-state index in [1.165, 1.54) is 6.92 Å². The minimum atomic E-state index is -0.156. The van der Waals surface area contributed by atoms with Crippen LogP contribution < -0.4 is 11.1 Å². The highest BCUT2D eigenvalue weighted by atomic mass is 16.5. The van der Waals surface area contributed by atoms with Crippen LogP contribution in [0.5, 0.6) is 0 Å². The Bertz CT molecular complexity index is 390. The van der Waals surface area contributed by atoms with E-state index < -0.39 is 0 Å². The number of hydrogen-bond donors (Lipinski definition) is 2. The van der Waals surface area contributed by atoms with Crippen molar-refractivity contribution in [2.45, 2.75) is 19.6 Å². The predicted molar refractivity (Wildman–Crippen MR) is 57.3 cm³/mol. The third-order valence-electron chi connectivity index (χ3n) is 2.43. The summed E-state index contributed by atoms with van der Waals surface area (Å²) in [4.78, 5) is 11.0. The number of amides is 1. The predicted octanol–water partition coefficient (Wildman–Crippen LogP) is 1.17. The van der Waals surface area contributed by atoms with Gasteiger partial charge in [0.05, 0.1) is 19.3 Å². The first-order valence-corrected chi connectivity index (χ1v) is 4.91. The first-order chi connectivity index (χ1) is 7.18. The van der Waals surface area contributed by atoms with Gasteiger partial charge < -0.3 is 15.8 Å². The highest BCUT2D eigenvalue weighted by molar-refractivity contribution is 5.89. The molecule has 1 atom stereocenters. The molecule has 1 aliphatic heterocycles. The number of carbonyl (C=O) groups excluding carboxylic acids is 1. The van der Waals surface area contributed by atoms with Gasteiger partial charge in [-0.3, -0.25) is 4.79 Å². The van der Waals surface area contributed by atoms with Crippen LogP contribution in [0, 0.1) is 0 Å². The van der Waals surface area contributed by atoms with Crippen LogP contribution in [-0.2, 0) is 16.1 Å². The van der Waals surface area contributed by atoms with Crippen molar-refractivity contribution in [3.05, 3.63) is 29.3 Å². The van der Waals surface area contributed by atoms with Gasteiger partial charge >= 0.3 is 0 Å². The third kappa shape index (κ3) is 2.00. The zero-order valence-electron chi connectivity index (χ0n) is 8.62. The molecule has 1 amide bonds. The number of nitrogens with two attached hydrogens (primary N) is 1. The Morgan fingerprint density at radius 2 is 2.40 bits per heavy atom. The summed E-state index contributed by atoms with van der Waals surface area (Å²) >= 11 is 0. The minimum Gasteiger partial charge on any atom is -0.375 e. The summed E-state index contributed by atoms with van der Waals surface area (Å²) in [5.74, 6) is -0.0814. The number of benzene rings is 1. The first-order valence-electron chi connectivity index (χ1n) is 4.91. The van der Waals surface area contributed by atoms with Crippen LogP contribution in [-0.4, -0.2) is 12.5 Å². The fourth-order valence-corrected chi connectivity index (χ4v) is 1.85. The molecule has 0 aliphatic carbocycles. The lowest BCUT2D eigenvalue weighted by atomic mass is 9.97. The highest BCUT2D eigenvalue weighted by Gasteiger charge is 2.20. The second-order valence-corrected chi connectivity index (χ2v) is 3.68. The average Bonchev–Trinajstić information content (AvgIpc) is 2.17. The lowest BCUT2D eigenvalue weighted by Crippen LogP contribution is -2.25. The van der Waals surface area contributed by atoms with Crippen molar-refractivity contribution in [2.24, 2.45) is 5.73 Å². The molecule has 1 aliphatic rings. The number of anilines is 1. The van der Waals surface area contributed by atoms with Crippen LogP contribution in [0.2, 0.25) is 0 Å². The van der Waals surface area contributed by atoms with Crippen molar-refractivity contribution >= 4 is 11.6 Å². The van der Waals surface area contributed by atoms with E-state index in [9.17, 15) is 4.79 Å². The monoisotopic (exact) mass is 206 g/mol. The van der Waals surface area contributed by atoms with Gasteiger partial charge in [-0.1, -0.05) is 12.1 Å². The molecule has 0 spiro atoms. The molecular weight excluding hydrogens is 192 g/mol. The Balaban J connectivity index is 2.42. The second kappa shape index (κ2) is 4.00. The number of fused-ring (bicyclic) bond motifs is 1. The molecule has 0 fully saturated rings. The summed E-state index contributed by atoms with van der Waals surface area (Å²) in [7, 11) is 0. The van der Waals surface area contributed by atoms with E-state index in [0.29, 0.717) is 13.2 Å². The van der Waals surface area contributed by atoms with E-state index in [1.807, 2.05) is 18.2 Å². The van der Waals surface area contributed by atoms with Crippen LogP contribution >= 0.6 is 0 Å². The molecule has 1 aromatic rings. The third-order valence-corrected chi connectivity index (χ3v) is 2.43. The van der Waals surface area contributed by atoms with Crippen molar-refractivity contribution in [1.29, 1.82) is 0 Å². The number of hydrogen-bond acceptors (Lipinski definition) is 3. The molecule has 1 aromatic carbocycles. The molecule has 0 bridgehead atoms. The molecule has 0 saturated heterocycles. The SMILES string of the molecule is CC(=O)Nc1cccc2c1[C@H](N)COC2. The molecule has 15 heavy (non-hydrogen) atoms. The zero-order valence-corrected chi connectivity index (χ0v) is 8.62. The van der Waals surface area contributed by atoms with Crippen LogP contribution in [0.3, 0.4) is 0 Å². The molecule has 80 valence electrons. The topological polar surface area (TPSA) is 64.4 Å². The summed E-state index contributed by atoms with van der Waals surface area (Å²) in [6.07, 6.45) is 0. The van der Waals surface area contributed by atoms with Gasteiger partial charge in [-0.05, 0) is 11.6 Å². The highest BCUT2D eigenvalue weighted by Crippen LogP contribution is 2.29. The maximum absolute atomic E-state index is 11.0. The van der Waals surface area contributed by atoms with E-state index >= 15 is 0 Å². The molecule has 4 nitrogen and oxygen atoms in total. The molecule has 0 unspecified atom stereocenters. The molecule has 2 rings (SSSR count). The standard InChI is InChI=1S/C11H14N2O2/c1-7(14)13-10-4-2-3-8-5-15-6-9(12)11(8)10/h2-4,9H,5-6,12H2,1H3,(H,13,14)/t9-/m1/s1. The Kier molecular flexibility index (Phi) is 2.70. The summed E-state index contributed by atoms with van der Waals surface area (Å²) in [6.45, 7) is 2.56. The van der Waals surface area contributed by atoms with Crippen molar-refractivity contribution in [1.82, 2.24) is 0 Å². The van der Waals surface area contributed by atoms with E-state index in [1.54, 1.807) is 0 Å². The van der Waals surface area contributed by atoms with Crippen molar-refractivity contribution in [2.75, 3.05) is 11.9 Å². The fourth-order valence-electron chi connectivity index (χ4n) is 1.85. The van der Waals surface area contributed by atoms with Crippen molar-refractivity contribution in [3.63, 3.8) is 0 Å². The smallest absolute Gasteiger partial charge is 0.221 e. The Morgan fingerprint density at radius 3 is 3.13 bits per heavy atom. The van der Waals surface area contributed by atoms with Gasteiger partial charge in [-0.25, -0.2) is 0 Å². The number of rotatable bonds is 1. The molecule has 0 aromatic heterocycles. The van der Waals surface area contributed by atoms with Gasteiger partial charge in [0.1, 0.15) is 0 Å². The fraction of sp³-hybridized carbons (Fsp3) is 0.364. The Labute approximate surface area is 88.4 Å². The van der Waals surface area contributed by atoms with Crippen LogP contribution in [0.4, 0.5) is 5.69 Å². The van der Waals surface area contributed by atoms with E-state index in [0.717, 1.165) is 16.8 Å². The minimum absolute atomic E-state index is 0.0814. The van der Waals surface area contributed by atoms with Crippen molar-refractivity contribution in [3.8, 4) is 0 Å². The van der Waals surface area contributed by atoms with E-state index in [-0.39, 0.29) is 11.9 Å². The summed E-state index contributed by atoms with van der Waals surface area (Å²) in [6, 6.07) is 5.58. The normalized spacial score (nSPS) is 19.5. The second-order valence-electron chi connectivity index (χ2n) is 3.68. The lowest BCUT2D eigenvalue weighted by Gasteiger charge is -2.25. The zero-order chi connectivity index (χ0) is 10.8. The average molecular weight is 206 g/mol. The van der Waals surface area contributed by atoms with Gasteiger partial charge in [0.15, 0.2) is 0 Å². The maximum atomic E-state index is 11.0. The number of nitrogens with one attached hydrogen (secondary N) is 1. The van der Waals surface area contributed by atoms with Crippen LogP contribution in [0.1, 0.15) is 24.1 Å². The largest absolute Gasteiger partial charge is 0.375 e. The van der Waals surface area contributed by atoms with Gasteiger partial charge in [-0.2, -0.15) is 0 Å². The maximum Gasteiger partial charge on any atom is 0.221 e. The van der Waals surface area contributed by atoms with Gasteiger partial charge in [-0.15, -0.1) is 0 Å². The molecule has 1 heterocycles. The molecule has 4 heteroatoms. The van der Waals surface area contributed by atoms with Gasteiger partial charge in [0, 0.05) is 18.2 Å². The summed E-state index contributed by atoms with van der Waals surface area (Å²) < 4.78 is 5.33. The Morgan fingerprint density at radius 1 is 1.60 bits per heavy atom. The van der Waals surface area contributed by atoms with E-state index in [2.05, 4.69) is 5.32 Å². The van der Waals surface area contributed by atoms with E-state index in [4.69, 9.17) is 10.5 Å². The lowest BCUT2D eigenvalue weighted by molar-refractivity contribution is -0.114. The number of ether oxygens (including phenoxy) is 1. The number of carbonyl (C=O) groups is 1. The summed E-state index contributed by atoms with van der Waals surface area (Å²) in [5, 5.41) is 2.79.